The zero-order valence-electron chi connectivity index (χ0n) is 5.28. The summed E-state index contributed by atoms with van der Waals surface area (Å²) in [6.07, 6.45) is 1.25. The van der Waals surface area contributed by atoms with E-state index in [1.807, 2.05) is 0 Å². The third-order valence-corrected chi connectivity index (χ3v) is 2.05. The molecule has 0 fully saturated rings. The van der Waals surface area contributed by atoms with Crippen molar-refractivity contribution in [3.05, 3.63) is 0 Å². The van der Waals surface area contributed by atoms with Gasteiger partial charge in [0.1, 0.15) is 17.0 Å². The van der Waals surface area contributed by atoms with Crippen molar-refractivity contribution in [2.75, 3.05) is 0 Å². The summed E-state index contributed by atoms with van der Waals surface area (Å²) in [6.45, 7) is 0. The van der Waals surface area contributed by atoms with E-state index in [-0.39, 0.29) is 6.17 Å². The number of fused-ring (bicyclic) bond motifs is 1. The van der Waals surface area contributed by atoms with Gasteiger partial charge in [-0.15, -0.1) is 0 Å². The normalized spacial score (nSPS) is 27.4. The molecule has 1 unspecified atom stereocenters. The smallest absolute Gasteiger partial charge is 0.189 e. The van der Waals surface area contributed by atoms with E-state index >= 15 is 0 Å². The first-order valence-electron chi connectivity index (χ1n) is 2.91. The summed E-state index contributed by atoms with van der Waals surface area (Å²) >= 11 is 8.18. The molecule has 0 aromatic rings. The van der Waals surface area contributed by atoms with Crippen LogP contribution in [0.4, 0.5) is 0 Å². The second-order valence-corrected chi connectivity index (χ2v) is 3.19. The molecule has 56 valence electrons. The van der Waals surface area contributed by atoms with Crippen LogP contribution in [0.5, 0.6) is 0 Å². The quantitative estimate of drug-likeness (QED) is 0.486. The summed E-state index contributed by atoms with van der Waals surface area (Å²) in [6, 6.07) is 0. The van der Waals surface area contributed by atoms with Gasteiger partial charge < -0.3 is 5.32 Å². The fourth-order valence-corrected chi connectivity index (χ4v) is 1.64. The second-order valence-electron chi connectivity index (χ2n) is 2.03. The van der Waals surface area contributed by atoms with Gasteiger partial charge in [0.25, 0.3) is 0 Å². The predicted octanol–water partition coefficient (Wildman–Crippen LogP) is 0.477. The number of amidine groups is 1. The summed E-state index contributed by atoms with van der Waals surface area (Å²) < 4.78 is 0.616. The highest BCUT2D eigenvalue weighted by Crippen LogP contribution is 2.10. The summed E-state index contributed by atoms with van der Waals surface area (Å²) in [5, 5.41) is 2.84. The average molecular weight is 231 g/mol. The van der Waals surface area contributed by atoms with Crippen LogP contribution < -0.4 is 5.32 Å². The van der Waals surface area contributed by atoms with Gasteiger partial charge in [0, 0.05) is 0 Å². The van der Waals surface area contributed by atoms with Crippen LogP contribution in [0.25, 0.3) is 0 Å². The Balaban J connectivity index is 2.42. The molecule has 0 aromatic heterocycles. The second kappa shape index (κ2) is 2.46. The van der Waals surface area contributed by atoms with Gasteiger partial charge >= 0.3 is 0 Å². The van der Waals surface area contributed by atoms with Crippen molar-refractivity contribution in [3.63, 3.8) is 0 Å². The lowest BCUT2D eigenvalue weighted by Crippen LogP contribution is -2.41. The van der Waals surface area contributed by atoms with Crippen molar-refractivity contribution in [2.24, 2.45) is 15.0 Å². The summed E-state index contributed by atoms with van der Waals surface area (Å²) in [5.41, 5.74) is 0.725. The van der Waals surface area contributed by atoms with Crippen molar-refractivity contribution in [1.82, 2.24) is 5.32 Å². The van der Waals surface area contributed by atoms with E-state index in [2.05, 4.69) is 36.2 Å². The molecule has 2 heterocycles. The minimum absolute atomic E-state index is 0.224. The van der Waals surface area contributed by atoms with Crippen LogP contribution in [0.15, 0.2) is 15.0 Å². The molecule has 11 heavy (non-hydrogen) atoms. The fraction of sp³-hybridized carbons (Fsp3) is 0.200. The predicted molar refractivity (Wildman–Crippen MR) is 51.8 cm³/mol. The Bertz CT molecular complexity index is 306. The Morgan fingerprint density at radius 1 is 1.64 bits per heavy atom. The average Bonchev–Trinajstić information content (AvgIpc) is 2.34. The van der Waals surface area contributed by atoms with Crippen LogP contribution >= 0.6 is 28.1 Å². The Morgan fingerprint density at radius 2 is 2.45 bits per heavy atom. The molecular weight excluding hydrogens is 228 g/mol. The van der Waals surface area contributed by atoms with E-state index in [1.165, 1.54) is 6.34 Å². The van der Waals surface area contributed by atoms with E-state index in [0.717, 1.165) is 5.71 Å². The van der Waals surface area contributed by atoms with Gasteiger partial charge in [-0.25, -0.2) is 15.0 Å². The zero-order chi connectivity index (χ0) is 7.84. The number of halogens is 1. The minimum atomic E-state index is -0.224. The van der Waals surface area contributed by atoms with Crippen LogP contribution in [0.1, 0.15) is 0 Å². The zero-order valence-corrected chi connectivity index (χ0v) is 7.69. The Morgan fingerprint density at radius 3 is 3.27 bits per heavy atom. The highest BCUT2D eigenvalue weighted by molar-refractivity contribution is 9.18. The van der Waals surface area contributed by atoms with Crippen molar-refractivity contribution in [2.45, 2.75) is 6.17 Å². The lowest BCUT2D eigenvalue weighted by atomic mass is 10.3. The summed E-state index contributed by atoms with van der Waals surface area (Å²) in [5.74, 6) is 0. The molecular formula is C5H3BrN4S. The van der Waals surface area contributed by atoms with E-state index < -0.39 is 0 Å². The van der Waals surface area contributed by atoms with Crippen LogP contribution in [0.3, 0.4) is 0 Å². The maximum atomic E-state index is 4.99. The Kier molecular flexibility index (Phi) is 1.57. The summed E-state index contributed by atoms with van der Waals surface area (Å²) in [7, 11) is 0. The first-order chi connectivity index (χ1) is 5.27. The Labute approximate surface area is 76.6 Å². The largest absolute Gasteiger partial charge is 0.324 e. The van der Waals surface area contributed by atoms with Crippen LogP contribution in [0, 0.1) is 0 Å². The third-order valence-electron chi connectivity index (χ3n) is 1.33. The van der Waals surface area contributed by atoms with Gasteiger partial charge in [0.05, 0.1) is 0 Å². The molecule has 0 bridgehead atoms. The number of aliphatic imine (C=N–C) groups is 3. The van der Waals surface area contributed by atoms with Crippen molar-refractivity contribution in [1.29, 1.82) is 0 Å². The van der Waals surface area contributed by atoms with E-state index in [4.69, 9.17) is 12.2 Å². The molecule has 1 atom stereocenters. The highest BCUT2D eigenvalue weighted by atomic mass is 79.9. The lowest BCUT2D eigenvalue weighted by Gasteiger charge is -2.15. The molecule has 2 aliphatic heterocycles. The van der Waals surface area contributed by atoms with Crippen molar-refractivity contribution >= 4 is 49.9 Å². The first kappa shape index (κ1) is 7.05. The number of nitrogens with one attached hydrogen (secondary N) is 1. The topological polar surface area (TPSA) is 49.1 Å². The maximum Gasteiger partial charge on any atom is 0.189 e. The molecule has 1 N–H and O–H groups in total. The molecule has 4 nitrogen and oxygen atoms in total. The Hall–Kier alpha value is -0.620. The van der Waals surface area contributed by atoms with Gasteiger partial charge in [-0.2, -0.15) is 0 Å². The molecule has 0 saturated carbocycles. The molecule has 0 saturated heterocycles. The minimum Gasteiger partial charge on any atom is -0.324 e. The molecule has 2 rings (SSSR count). The number of thiocarbonyl (C=S) groups is 1. The van der Waals surface area contributed by atoms with E-state index in [1.54, 1.807) is 0 Å². The number of hydrogen-bond donors (Lipinski definition) is 1. The lowest BCUT2D eigenvalue weighted by molar-refractivity contribution is 0.941. The molecule has 0 radical (unpaired) electrons. The van der Waals surface area contributed by atoms with E-state index in [9.17, 15) is 0 Å². The third kappa shape index (κ3) is 1.12. The fourth-order valence-electron chi connectivity index (χ4n) is 0.864. The van der Waals surface area contributed by atoms with Crippen LogP contribution in [-0.2, 0) is 0 Å². The maximum absolute atomic E-state index is 4.99. The standard InChI is InChI=1S/C5H3BrN4S/c6-5-9-3-2(4(11)10-5)7-1-8-3/h1,3H,(H,9,10,11). The van der Waals surface area contributed by atoms with Gasteiger partial charge in [-0.05, 0) is 15.9 Å². The molecule has 0 amide bonds. The van der Waals surface area contributed by atoms with E-state index in [0.29, 0.717) is 9.73 Å². The number of hydrogen-bond acceptors (Lipinski definition) is 4. The molecule has 0 spiro atoms. The highest BCUT2D eigenvalue weighted by Gasteiger charge is 2.26. The molecule has 0 aliphatic carbocycles. The SMILES string of the molecule is S=C1NC(Br)=NC2N=CN=C12. The van der Waals surface area contributed by atoms with Gasteiger partial charge in [-0.1, -0.05) is 12.2 Å². The van der Waals surface area contributed by atoms with Crippen molar-refractivity contribution in [3.8, 4) is 0 Å². The summed E-state index contributed by atoms with van der Waals surface area (Å²) in [4.78, 5) is 12.6. The molecule has 0 aromatic carbocycles. The van der Waals surface area contributed by atoms with Gasteiger partial charge in [0.15, 0.2) is 10.9 Å². The molecule has 2 aliphatic rings. The first-order valence-corrected chi connectivity index (χ1v) is 4.11. The number of rotatable bonds is 0. The van der Waals surface area contributed by atoms with Gasteiger partial charge in [-0.3, -0.25) is 0 Å². The monoisotopic (exact) mass is 230 g/mol. The number of nitrogens with zero attached hydrogens (tertiary/aromatic N) is 3. The van der Waals surface area contributed by atoms with Gasteiger partial charge in [0.2, 0.25) is 0 Å². The van der Waals surface area contributed by atoms with Crippen LogP contribution in [-0.4, -0.2) is 27.9 Å². The molecule has 6 heteroatoms. The van der Waals surface area contributed by atoms with Crippen molar-refractivity contribution < 1.29 is 0 Å². The van der Waals surface area contributed by atoms with Crippen LogP contribution in [0.2, 0.25) is 0 Å².